The minimum atomic E-state index is 0.583. The van der Waals surface area contributed by atoms with E-state index in [1.807, 2.05) is 0 Å². The monoisotopic (exact) mass is 219 g/mol. The zero-order valence-electron chi connectivity index (χ0n) is 11.1. The Balaban J connectivity index is 2.45. The van der Waals surface area contributed by atoms with Gasteiger partial charge in [0.25, 0.3) is 0 Å². The standard InChI is InChI=1S/C15H25N/c1-5-13(4)15-8-6-14(7-9-15)10-11-16-12(2)3/h6-9,12-13,16H,5,10-11H2,1-4H3. The molecule has 0 saturated heterocycles. The number of benzene rings is 1. The summed E-state index contributed by atoms with van der Waals surface area (Å²) in [6, 6.07) is 9.67. The number of hydrogen-bond donors (Lipinski definition) is 1. The molecule has 1 unspecified atom stereocenters. The lowest BCUT2D eigenvalue weighted by atomic mass is 9.97. The van der Waals surface area contributed by atoms with Crippen molar-refractivity contribution in [3.05, 3.63) is 35.4 Å². The first-order chi connectivity index (χ1) is 7.63. The molecule has 0 spiro atoms. The van der Waals surface area contributed by atoms with Crippen LogP contribution in [0.5, 0.6) is 0 Å². The summed E-state index contributed by atoms with van der Waals surface area (Å²) >= 11 is 0. The third kappa shape index (κ3) is 4.36. The fourth-order valence-corrected chi connectivity index (χ4v) is 1.75. The van der Waals surface area contributed by atoms with Gasteiger partial charge in [-0.25, -0.2) is 0 Å². The Hall–Kier alpha value is -0.820. The van der Waals surface area contributed by atoms with E-state index in [9.17, 15) is 0 Å². The molecule has 1 aromatic rings. The van der Waals surface area contributed by atoms with Crippen LogP contribution < -0.4 is 5.32 Å². The highest BCUT2D eigenvalue weighted by Crippen LogP contribution is 2.18. The molecule has 0 heterocycles. The normalized spacial score (nSPS) is 13.1. The highest BCUT2D eigenvalue weighted by atomic mass is 14.9. The predicted molar refractivity (Wildman–Crippen MR) is 72.0 cm³/mol. The Morgan fingerprint density at radius 3 is 2.19 bits per heavy atom. The summed E-state index contributed by atoms with van der Waals surface area (Å²) in [6.45, 7) is 9.97. The molecule has 16 heavy (non-hydrogen) atoms. The van der Waals surface area contributed by atoms with E-state index >= 15 is 0 Å². The van der Waals surface area contributed by atoms with E-state index in [0.717, 1.165) is 13.0 Å². The van der Waals surface area contributed by atoms with E-state index in [-0.39, 0.29) is 0 Å². The number of nitrogens with one attached hydrogen (secondary N) is 1. The smallest absolute Gasteiger partial charge is 0.00105 e. The molecule has 1 heteroatoms. The Morgan fingerprint density at radius 1 is 1.06 bits per heavy atom. The lowest BCUT2D eigenvalue weighted by Crippen LogP contribution is -2.24. The van der Waals surface area contributed by atoms with Gasteiger partial charge in [-0.1, -0.05) is 52.0 Å². The van der Waals surface area contributed by atoms with Gasteiger partial charge in [0.2, 0.25) is 0 Å². The topological polar surface area (TPSA) is 12.0 Å². The number of rotatable bonds is 6. The van der Waals surface area contributed by atoms with Crippen LogP contribution in [0.25, 0.3) is 0 Å². The van der Waals surface area contributed by atoms with Crippen molar-refractivity contribution in [1.29, 1.82) is 0 Å². The Morgan fingerprint density at radius 2 is 1.69 bits per heavy atom. The molecule has 0 bridgehead atoms. The second kappa shape index (κ2) is 6.70. The Bertz CT molecular complexity index is 287. The van der Waals surface area contributed by atoms with Crippen molar-refractivity contribution in [2.24, 2.45) is 0 Å². The van der Waals surface area contributed by atoms with Gasteiger partial charge in [-0.15, -0.1) is 0 Å². The van der Waals surface area contributed by atoms with Gasteiger partial charge >= 0.3 is 0 Å². The summed E-state index contributed by atoms with van der Waals surface area (Å²) < 4.78 is 0. The summed E-state index contributed by atoms with van der Waals surface area (Å²) in [5.41, 5.74) is 2.89. The molecule has 0 aliphatic rings. The number of hydrogen-bond acceptors (Lipinski definition) is 1. The van der Waals surface area contributed by atoms with Crippen LogP contribution in [0.4, 0.5) is 0 Å². The van der Waals surface area contributed by atoms with Gasteiger partial charge in [-0.3, -0.25) is 0 Å². The molecule has 0 aliphatic heterocycles. The van der Waals surface area contributed by atoms with Crippen LogP contribution in [0.3, 0.4) is 0 Å². The lowest BCUT2D eigenvalue weighted by molar-refractivity contribution is 0.590. The minimum Gasteiger partial charge on any atom is -0.314 e. The molecule has 90 valence electrons. The van der Waals surface area contributed by atoms with Crippen LogP contribution >= 0.6 is 0 Å². The molecule has 0 fully saturated rings. The third-order valence-electron chi connectivity index (χ3n) is 3.13. The molecule has 0 aliphatic carbocycles. The van der Waals surface area contributed by atoms with E-state index in [1.165, 1.54) is 17.5 Å². The predicted octanol–water partition coefficient (Wildman–Crippen LogP) is 3.74. The quantitative estimate of drug-likeness (QED) is 0.768. The molecule has 1 nitrogen and oxygen atoms in total. The van der Waals surface area contributed by atoms with Crippen molar-refractivity contribution < 1.29 is 0 Å². The first-order valence-corrected chi connectivity index (χ1v) is 6.45. The SMILES string of the molecule is CCC(C)c1ccc(CCNC(C)C)cc1. The summed E-state index contributed by atoms with van der Waals surface area (Å²) in [5, 5.41) is 3.44. The van der Waals surface area contributed by atoms with Crippen molar-refractivity contribution in [1.82, 2.24) is 5.32 Å². The van der Waals surface area contributed by atoms with Gasteiger partial charge in [0.05, 0.1) is 0 Å². The Kier molecular flexibility index (Phi) is 5.54. The largest absolute Gasteiger partial charge is 0.314 e. The molecular formula is C15H25N. The Labute approximate surface area is 100 Å². The first-order valence-electron chi connectivity index (χ1n) is 6.45. The molecule has 1 rings (SSSR count). The van der Waals surface area contributed by atoms with E-state index < -0.39 is 0 Å². The van der Waals surface area contributed by atoms with Crippen LogP contribution in [0.2, 0.25) is 0 Å². The van der Waals surface area contributed by atoms with Gasteiger partial charge in [0.1, 0.15) is 0 Å². The summed E-state index contributed by atoms with van der Waals surface area (Å²) in [5.74, 6) is 0.683. The van der Waals surface area contributed by atoms with Crippen molar-refractivity contribution in [3.8, 4) is 0 Å². The molecule has 0 aromatic heterocycles. The van der Waals surface area contributed by atoms with Crippen LogP contribution in [-0.2, 0) is 6.42 Å². The second-order valence-electron chi connectivity index (χ2n) is 4.91. The van der Waals surface area contributed by atoms with Gasteiger partial charge in [0, 0.05) is 6.04 Å². The van der Waals surface area contributed by atoms with E-state index in [4.69, 9.17) is 0 Å². The maximum atomic E-state index is 3.44. The van der Waals surface area contributed by atoms with Crippen molar-refractivity contribution >= 4 is 0 Å². The van der Waals surface area contributed by atoms with E-state index in [0.29, 0.717) is 12.0 Å². The van der Waals surface area contributed by atoms with Gasteiger partial charge in [-0.05, 0) is 36.4 Å². The first kappa shape index (κ1) is 13.2. The fourth-order valence-electron chi connectivity index (χ4n) is 1.75. The van der Waals surface area contributed by atoms with Crippen LogP contribution in [0, 0.1) is 0 Å². The average Bonchev–Trinajstić information content (AvgIpc) is 2.28. The van der Waals surface area contributed by atoms with E-state index in [2.05, 4.69) is 57.3 Å². The third-order valence-corrected chi connectivity index (χ3v) is 3.13. The highest BCUT2D eigenvalue weighted by Gasteiger charge is 2.02. The summed E-state index contributed by atoms with van der Waals surface area (Å²) in [4.78, 5) is 0. The van der Waals surface area contributed by atoms with Crippen molar-refractivity contribution in [2.45, 2.75) is 52.5 Å². The van der Waals surface area contributed by atoms with Crippen molar-refractivity contribution in [3.63, 3.8) is 0 Å². The van der Waals surface area contributed by atoms with Gasteiger partial charge in [0.15, 0.2) is 0 Å². The van der Waals surface area contributed by atoms with Gasteiger partial charge < -0.3 is 5.32 Å². The summed E-state index contributed by atoms with van der Waals surface area (Å²) in [7, 11) is 0. The fraction of sp³-hybridized carbons (Fsp3) is 0.600. The maximum Gasteiger partial charge on any atom is 0.00105 e. The zero-order chi connectivity index (χ0) is 12.0. The van der Waals surface area contributed by atoms with Crippen LogP contribution in [-0.4, -0.2) is 12.6 Å². The minimum absolute atomic E-state index is 0.583. The molecule has 1 N–H and O–H groups in total. The van der Waals surface area contributed by atoms with Gasteiger partial charge in [-0.2, -0.15) is 0 Å². The molecule has 0 saturated carbocycles. The average molecular weight is 219 g/mol. The molecular weight excluding hydrogens is 194 g/mol. The van der Waals surface area contributed by atoms with E-state index in [1.54, 1.807) is 0 Å². The van der Waals surface area contributed by atoms with Crippen molar-refractivity contribution in [2.75, 3.05) is 6.54 Å². The molecule has 0 radical (unpaired) electrons. The van der Waals surface area contributed by atoms with Crippen LogP contribution in [0.1, 0.15) is 51.2 Å². The maximum absolute atomic E-state index is 3.44. The zero-order valence-corrected chi connectivity index (χ0v) is 11.1. The summed E-state index contributed by atoms with van der Waals surface area (Å²) in [6.07, 6.45) is 2.34. The molecule has 1 aromatic carbocycles. The highest BCUT2D eigenvalue weighted by molar-refractivity contribution is 5.25. The second-order valence-corrected chi connectivity index (χ2v) is 4.91. The lowest BCUT2D eigenvalue weighted by Gasteiger charge is -2.11. The molecule has 0 amide bonds. The molecule has 1 atom stereocenters. The van der Waals surface area contributed by atoms with Crippen LogP contribution in [0.15, 0.2) is 24.3 Å².